The first-order valence-electron chi connectivity index (χ1n) is 11.9. The molecule has 2 unspecified atom stereocenters. The summed E-state index contributed by atoms with van der Waals surface area (Å²) < 4.78 is 0. The van der Waals surface area contributed by atoms with Crippen LogP contribution in [-0.4, -0.2) is 51.5 Å². The van der Waals surface area contributed by atoms with Crippen molar-refractivity contribution in [3.63, 3.8) is 0 Å². The lowest BCUT2D eigenvalue weighted by molar-refractivity contribution is -0.115. The summed E-state index contributed by atoms with van der Waals surface area (Å²) in [6.07, 6.45) is 7.69. The summed E-state index contributed by atoms with van der Waals surface area (Å²) in [4.78, 5) is 39.7. The maximum absolute atomic E-state index is 11.8. The van der Waals surface area contributed by atoms with Gasteiger partial charge in [0.1, 0.15) is 0 Å². The number of nitrogens with one attached hydrogen (secondary N) is 2. The van der Waals surface area contributed by atoms with Gasteiger partial charge < -0.3 is 10.2 Å². The maximum Gasteiger partial charge on any atom is 0.290 e. The van der Waals surface area contributed by atoms with E-state index in [0.717, 1.165) is 61.4 Å². The molecule has 0 aromatic carbocycles. The number of hydrogen-bond donors (Lipinski definition) is 2. The molecular weight excluding hydrogens is 480 g/mol. The molecule has 2 aromatic heterocycles. The Labute approximate surface area is 213 Å². The number of nitrogens with zero attached hydrogens (tertiary/aromatic N) is 4. The Morgan fingerprint density at radius 3 is 2.83 bits per heavy atom. The Morgan fingerprint density at radius 2 is 2.09 bits per heavy atom. The van der Waals surface area contributed by atoms with Crippen molar-refractivity contribution in [2.24, 2.45) is 5.92 Å². The summed E-state index contributed by atoms with van der Waals surface area (Å²) in [5, 5.41) is 7.77. The predicted molar refractivity (Wildman–Crippen MR) is 141 cm³/mol. The van der Waals surface area contributed by atoms with Crippen LogP contribution in [0.15, 0.2) is 46.9 Å². The second kappa shape index (κ2) is 10.9. The van der Waals surface area contributed by atoms with Gasteiger partial charge in [0, 0.05) is 42.7 Å². The summed E-state index contributed by atoms with van der Waals surface area (Å²) in [5.41, 5.74) is 2.88. The van der Waals surface area contributed by atoms with Crippen molar-refractivity contribution in [3.05, 3.63) is 63.9 Å². The lowest BCUT2D eigenvalue weighted by Gasteiger charge is -2.32. The van der Waals surface area contributed by atoms with Crippen molar-refractivity contribution in [3.8, 4) is 0 Å². The quantitative estimate of drug-likeness (QED) is 0.535. The van der Waals surface area contributed by atoms with Crippen molar-refractivity contribution in [2.75, 3.05) is 30.3 Å². The maximum atomic E-state index is 11.8. The number of aromatic nitrogens is 3. The van der Waals surface area contributed by atoms with E-state index in [0.29, 0.717) is 28.4 Å². The Kier molecular flexibility index (Phi) is 7.50. The van der Waals surface area contributed by atoms with Crippen LogP contribution in [-0.2, 0) is 4.79 Å². The van der Waals surface area contributed by atoms with Gasteiger partial charge in [0.2, 0.25) is 5.95 Å². The van der Waals surface area contributed by atoms with E-state index in [9.17, 15) is 9.59 Å². The van der Waals surface area contributed by atoms with E-state index in [1.165, 1.54) is 0 Å². The van der Waals surface area contributed by atoms with Gasteiger partial charge in [0.15, 0.2) is 0 Å². The molecule has 2 amide bonds. The van der Waals surface area contributed by atoms with Gasteiger partial charge in [-0.05, 0) is 73.7 Å². The summed E-state index contributed by atoms with van der Waals surface area (Å²) in [6, 6.07) is 8.30. The molecule has 2 atom stereocenters. The third kappa shape index (κ3) is 5.94. The molecule has 2 aromatic rings. The molecule has 0 radical (unpaired) electrons. The molecule has 3 aliphatic rings. The molecule has 3 aliphatic heterocycles. The number of carbonyl (C=O) groups is 2. The summed E-state index contributed by atoms with van der Waals surface area (Å²) >= 11 is 2.74. The number of allylic oxidation sites excluding steroid dienone is 1. The Balaban J connectivity index is 1.13. The second-order valence-corrected chi connectivity index (χ2v) is 10.9. The minimum absolute atomic E-state index is 0.205. The molecule has 0 aliphatic carbocycles. The van der Waals surface area contributed by atoms with Crippen LogP contribution in [0, 0.1) is 5.92 Å². The average molecular weight is 509 g/mol. The van der Waals surface area contributed by atoms with E-state index in [4.69, 9.17) is 4.98 Å². The Bertz CT molecular complexity index is 1160. The van der Waals surface area contributed by atoms with Gasteiger partial charge in [-0.25, -0.2) is 9.97 Å². The number of rotatable bonds is 7. The third-order valence-corrected chi connectivity index (χ3v) is 8.21. The van der Waals surface area contributed by atoms with E-state index >= 15 is 0 Å². The molecule has 0 spiro atoms. The van der Waals surface area contributed by atoms with Crippen LogP contribution in [0.3, 0.4) is 0 Å². The van der Waals surface area contributed by atoms with Gasteiger partial charge in [-0.15, -0.1) is 11.8 Å². The number of hydrogen-bond acceptors (Lipinski definition) is 9. The molecule has 10 heteroatoms. The van der Waals surface area contributed by atoms with Crippen LogP contribution in [0.5, 0.6) is 0 Å². The molecule has 5 heterocycles. The first kappa shape index (κ1) is 24.0. The van der Waals surface area contributed by atoms with Gasteiger partial charge in [-0.2, -0.15) is 0 Å². The van der Waals surface area contributed by atoms with Crippen LogP contribution >= 0.6 is 23.5 Å². The number of piperidine rings is 1. The summed E-state index contributed by atoms with van der Waals surface area (Å²) in [6.45, 7) is 4.90. The second-order valence-electron chi connectivity index (χ2n) is 8.95. The van der Waals surface area contributed by atoms with E-state index in [-0.39, 0.29) is 17.2 Å². The molecule has 0 bridgehead atoms. The van der Waals surface area contributed by atoms with E-state index in [2.05, 4.69) is 62.1 Å². The molecule has 2 fully saturated rings. The van der Waals surface area contributed by atoms with Gasteiger partial charge in [0.25, 0.3) is 11.1 Å². The van der Waals surface area contributed by atoms with Crippen LogP contribution in [0.25, 0.3) is 6.08 Å². The SMILES string of the molecule is CC(NCC1CCN(c2nccc(/C=C3\SC(=O)NC3=O)n2)CC1)c1cccc(C2C=CSC2)n1. The molecule has 35 heavy (non-hydrogen) atoms. The highest BCUT2D eigenvalue weighted by molar-refractivity contribution is 8.18. The largest absolute Gasteiger partial charge is 0.341 e. The van der Waals surface area contributed by atoms with Gasteiger partial charge in [0.05, 0.1) is 16.3 Å². The third-order valence-electron chi connectivity index (χ3n) is 6.49. The van der Waals surface area contributed by atoms with E-state index in [1.807, 2.05) is 11.8 Å². The molecule has 0 saturated carbocycles. The fourth-order valence-electron chi connectivity index (χ4n) is 4.40. The average Bonchev–Trinajstić information content (AvgIpc) is 3.53. The minimum atomic E-state index is -0.376. The number of carbonyl (C=O) groups excluding carboxylic acids is 2. The molecular formula is C25H28N6O2S2. The number of imide groups is 1. The van der Waals surface area contributed by atoms with Crippen molar-refractivity contribution < 1.29 is 9.59 Å². The van der Waals surface area contributed by atoms with Gasteiger partial charge >= 0.3 is 0 Å². The van der Waals surface area contributed by atoms with Crippen LogP contribution < -0.4 is 15.5 Å². The monoisotopic (exact) mass is 508 g/mol. The smallest absolute Gasteiger partial charge is 0.290 e. The van der Waals surface area contributed by atoms with E-state index < -0.39 is 0 Å². The van der Waals surface area contributed by atoms with Crippen LogP contribution in [0.1, 0.15) is 48.8 Å². The highest BCUT2D eigenvalue weighted by atomic mass is 32.2. The van der Waals surface area contributed by atoms with Gasteiger partial charge in [-0.3, -0.25) is 19.9 Å². The molecule has 2 N–H and O–H groups in total. The zero-order chi connectivity index (χ0) is 24.2. The number of amides is 2. The number of thioether (sulfide) groups is 2. The van der Waals surface area contributed by atoms with Crippen LogP contribution in [0.4, 0.5) is 10.7 Å². The standard InChI is InChI=1S/C25H28N6O2S2/c1-16(20-3-2-4-21(29-20)18-8-12-34-15-18)27-14-17-6-10-31(11-7-17)24-26-9-5-19(28-24)13-22-23(32)30-25(33)35-22/h2-5,8-9,12-13,16-18,27H,6-7,10-11,14-15H2,1H3,(H,30,32,33)/b22-13-. The highest BCUT2D eigenvalue weighted by Gasteiger charge is 2.26. The molecule has 182 valence electrons. The zero-order valence-electron chi connectivity index (χ0n) is 19.5. The van der Waals surface area contributed by atoms with Crippen molar-refractivity contribution >= 4 is 46.7 Å². The van der Waals surface area contributed by atoms with Crippen molar-refractivity contribution in [1.82, 2.24) is 25.6 Å². The summed E-state index contributed by atoms with van der Waals surface area (Å²) in [5.74, 6) is 2.37. The fourth-order valence-corrected chi connectivity index (χ4v) is 5.97. The van der Waals surface area contributed by atoms with E-state index in [1.54, 1.807) is 18.3 Å². The highest BCUT2D eigenvalue weighted by Crippen LogP contribution is 2.29. The fraction of sp³-hybridized carbons (Fsp3) is 0.400. The Morgan fingerprint density at radius 1 is 1.23 bits per heavy atom. The molecule has 2 saturated heterocycles. The minimum Gasteiger partial charge on any atom is -0.341 e. The zero-order valence-corrected chi connectivity index (χ0v) is 21.1. The Hall–Kier alpha value is -2.69. The molecule has 8 nitrogen and oxygen atoms in total. The lowest BCUT2D eigenvalue weighted by Crippen LogP contribution is -2.38. The lowest BCUT2D eigenvalue weighted by atomic mass is 9.96. The first-order valence-corrected chi connectivity index (χ1v) is 13.7. The predicted octanol–water partition coefficient (Wildman–Crippen LogP) is 4.11. The normalized spacial score (nSPS) is 22.7. The van der Waals surface area contributed by atoms with Crippen molar-refractivity contribution in [2.45, 2.75) is 31.7 Å². The van der Waals surface area contributed by atoms with Gasteiger partial charge in [-0.1, -0.05) is 12.1 Å². The summed E-state index contributed by atoms with van der Waals surface area (Å²) in [7, 11) is 0. The number of pyridine rings is 1. The number of anilines is 1. The van der Waals surface area contributed by atoms with Crippen LogP contribution in [0.2, 0.25) is 0 Å². The topological polar surface area (TPSA) is 100 Å². The van der Waals surface area contributed by atoms with Crippen molar-refractivity contribution in [1.29, 1.82) is 0 Å². The first-order chi connectivity index (χ1) is 17.0. The molecule has 5 rings (SSSR count).